The lowest BCUT2D eigenvalue weighted by molar-refractivity contribution is -0.121. The van der Waals surface area contributed by atoms with Gasteiger partial charge in [-0.3, -0.25) is 14.7 Å². The van der Waals surface area contributed by atoms with E-state index >= 15 is 0 Å². The Balaban J connectivity index is 1.47. The summed E-state index contributed by atoms with van der Waals surface area (Å²) in [4.78, 5) is 23.8. The second-order valence-electron chi connectivity index (χ2n) is 7.26. The van der Waals surface area contributed by atoms with Gasteiger partial charge in [0.2, 0.25) is 0 Å². The lowest BCUT2D eigenvalue weighted by Gasteiger charge is -2.12. The molecule has 1 amide bonds. The molecular formula is C26H23N3O2S. The third-order valence-corrected chi connectivity index (χ3v) is 5.78. The van der Waals surface area contributed by atoms with Gasteiger partial charge in [-0.05, 0) is 60.2 Å². The second-order valence-corrected chi connectivity index (χ2v) is 8.27. The molecule has 0 unspecified atom stereocenters. The van der Waals surface area contributed by atoms with E-state index in [1.54, 1.807) is 23.4 Å². The van der Waals surface area contributed by atoms with Crippen LogP contribution >= 0.6 is 11.8 Å². The van der Waals surface area contributed by atoms with Gasteiger partial charge < -0.3 is 4.74 Å². The molecule has 4 rings (SSSR count). The number of aliphatic imine (C=N–C) groups is 1. The molecule has 0 aliphatic carbocycles. The monoisotopic (exact) mass is 441 g/mol. The van der Waals surface area contributed by atoms with Crippen LogP contribution in [0.1, 0.15) is 16.7 Å². The minimum atomic E-state index is -0.0859. The Bertz CT molecular complexity index is 1150. The highest BCUT2D eigenvalue weighted by Crippen LogP contribution is 2.34. The third kappa shape index (κ3) is 5.34. The Hall–Kier alpha value is -3.64. The number of ether oxygens (including phenoxy) is 1. The summed E-state index contributed by atoms with van der Waals surface area (Å²) >= 11 is 1.35. The third-order valence-electron chi connectivity index (χ3n) is 4.77. The minimum absolute atomic E-state index is 0.0859. The van der Waals surface area contributed by atoms with Crippen LogP contribution in [0, 0.1) is 6.92 Å². The van der Waals surface area contributed by atoms with Gasteiger partial charge in [-0.25, -0.2) is 4.99 Å². The van der Waals surface area contributed by atoms with Crippen LogP contribution in [0.25, 0.3) is 6.08 Å². The van der Waals surface area contributed by atoms with Gasteiger partial charge in [-0.2, -0.15) is 0 Å². The van der Waals surface area contributed by atoms with Crippen molar-refractivity contribution in [3.63, 3.8) is 0 Å². The predicted molar refractivity (Wildman–Crippen MR) is 131 cm³/mol. The zero-order valence-corrected chi connectivity index (χ0v) is 18.6. The molecule has 1 fully saturated rings. The zero-order chi connectivity index (χ0) is 22.3. The maximum atomic E-state index is 12.9. The number of carbonyl (C=O) groups excluding carboxylic acids is 1. The first-order valence-corrected chi connectivity index (χ1v) is 11.0. The van der Waals surface area contributed by atoms with E-state index in [-0.39, 0.29) is 5.91 Å². The lowest BCUT2D eigenvalue weighted by Crippen LogP contribution is -2.29. The van der Waals surface area contributed by atoms with E-state index in [0.717, 1.165) is 16.9 Å². The maximum Gasteiger partial charge on any atom is 0.267 e. The highest BCUT2D eigenvalue weighted by Gasteiger charge is 2.32. The summed E-state index contributed by atoms with van der Waals surface area (Å²) in [7, 11) is 0. The number of amides is 1. The number of benzene rings is 2. The number of aryl methyl sites for hydroxylation is 1. The van der Waals surface area contributed by atoms with Crippen molar-refractivity contribution in [3.05, 3.63) is 107 Å². The number of aromatic nitrogens is 1. The highest BCUT2D eigenvalue weighted by atomic mass is 32.2. The van der Waals surface area contributed by atoms with E-state index < -0.39 is 0 Å². The van der Waals surface area contributed by atoms with Crippen molar-refractivity contribution in [3.8, 4) is 5.75 Å². The van der Waals surface area contributed by atoms with Gasteiger partial charge in [-0.15, -0.1) is 6.58 Å². The molecule has 2 aromatic carbocycles. The lowest BCUT2D eigenvalue weighted by atomic mass is 10.1. The highest BCUT2D eigenvalue weighted by molar-refractivity contribution is 8.18. The average molecular weight is 442 g/mol. The number of nitrogens with zero attached hydrogens (tertiary/aromatic N) is 3. The number of hydrogen-bond donors (Lipinski definition) is 0. The van der Waals surface area contributed by atoms with Crippen molar-refractivity contribution in [2.45, 2.75) is 13.5 Å². The van der Waals surface area contributed by atoms with Gasteiger partial charge >= 0.3 is 0 Å². The summed E-state index contributed by atoms with van der Waals surface area (Å²) in [6.07, 6.45) is 6.93. The van der Waals surface area contributed by atoms with Crippen molar-refractivity contribution in [1.82, 2.24) is 9.88 Å². The number of hydrogen-bond acceptors (Lipinski definition) is 5. The van der Waals surface area contributed by atoms with Crippen LogP contribution in [0.3, 0.4) is 0 Å². The largest absolute Gasteiger partial charge is 0.489 e. The molecule has 3 aromatic rings. The quantitative estimate of drug-likeness (QED) is 0.346. The van der Waals surface area contributed by atoms with Crippen LogP contribution in [0.2, 0.25) is 0 Å². The molecule has 5 nitrogen and oxygen atoms in total. The molecule has 160 valence electrons. The SMILES string of the molecule is C=CCN1C(=O)/C(=C/c2ccc(OCc3ccc(C)cc3)cc2)SC1=Nc1cccnc1. The summed E-state index contributed by atoms with van der Waals surface area (Å²) in [5, 5.41) is 0.618. The fourth-order valence-electron chi connectivity index (χ4n) is 3.07. The molecule has 6 heteroatoms. The molecule has 0 atom stereocenters. The van der Waals surface area contributed by atoms with E-state index in [0.29, 0.717) is 28.9 Å². The van der Waals surface area contributed by atoms with Crippen molar-refractivity contribution in [1.29, 1.82) is 0 Å². The van der Waals surface area contributed by atoms with Gasteiger partial charge in [0, 0.05) is 12.7 Å². The van der Waals surface area contributed by atoms with E-state index in [1.807, 2.05) is 42.5 Å². The second kappa shape index (κ2) is 10.1. The van der Waals surface area contributed by atoms with Crippen LogP contribution < -0.4 is 4.74 Å². The molecule has 1 aromatic heterocycles. The molecule has 1 aliphatic heterocycles. The summed E-state index contributed by atoms with van der Waals surface area (Å²) in [5.41, 5.74) is 3.97. The Morgan fingerprint density at radius 2 is 1.91 bits per heavy atom. The summed E-state index contributed by atoms with van der Waals surface area (Å²) in [6.45, 7) is 6.73. The topological polar surface area (TPSA) is 54.8 Å². The Morgan fingerprint density at radius 3 is 2.59 bits per heavy atom. The van der Waals surface area contributed by atoms with Crippen LogP contribution in [0.15, 0.2) is 95.6 Å². The van der Waals surface area contributed by atoms with Crippen molar-refractivity contribution < 1.29 is 9.53 Å². The molecule has 0 saturated carbocycles. The van der Waals surface area contributed by atoms with Crippen molar-refractivity contribution >= 4 is 34.6 Å². The molecule has 32 heavy (non-hydrogen) atoms. The van der Waals surface area contributed by atoms with Gasteiger partial charge in [0.1, 0.15) is 12.4 Å². The van der Waals surface area contributed by atoms with E-state index in [1.165, 1.54) is 17.3 Å². The first-order chi connectivity index (χ1) is 15.6. The standard InChI is InChI=1S/C26H23N3O2S/c1-3-15-29-25(30)24(32-26(29)28-22-5-4-14-27-17-22)16-20-10-12-23(13-11-20)31-18-21-8-6-19(2)7-9-21/h3-14,16-17H,1,15,18H2,2H3/b24-16-,28-26?. The number of carbonyl (C=O) groups is 1. The molecule has 0 radical (unpaired) electrons. The fraction of sp³-hybridized carbons (Fsp3) is 0.115. The van der Waals surface area contributed by atoms with Crippen LogP contribution in [-0.4, -0.2) is 27.5 Å². The molecular weight excluding hydrogens is 418 g/mol. The predicted octanol–water partition coefficient (Wildman–Crippen LogP) is 5.76. The number of amidine groups is 1. The molecule has 0 spiro atoms. The summed E-state index contributed by atoms with van der Waals surface area (Å²) in [6, 6.07) is 19.7. The van der Waals surface area contributed by atoms with Gasteiger partial charge in [0.15, 0.2) is 5.17 Å². The number of thioether (sulfide) groups is 1. The van der Waals surface area contributed by atoms with Crippen LogP contribution in [0.5, 0.6) is 5.75 Å². The Morgan fingerprint density at radius 1 is 1.12 bits per heavy atom. The number of pyridine rings is 1. The molecule has 1 aliphatic rings. The van der Waals surface area contributed by atoms with Gasteiger partial charge in [0.25, 0.3) is 5.91 Å². The van der Waals surface area contributed by atoms with E-state index in [9.17, 15) is 4.79 Å². The summed E-state index contributed by atoms with van der Waals surface area (Å²) in [5.74, 6) is 0.697. The van der Waals surface area contributed by atoms with Crippen LogP contribution in [-0.2, 0) is 11.4 Å². The number of rotatable bonds is 7. The molecule has 0 N–H and O–H groups in total. The Kier molecular flexibility index (Phi) is 6.82. The maximum absolute atomic E-state index is 12.9. The summed E-state index contributed by atoms with van der Waals surface area (Å²) < 4.78 is 5.87. The van der Waals surface area contributed by atoms with Gasteiger partial charge in [0.05, 0.1) is 16.8 Å². The van der Waals surface area contributed by atoms with Crippen LogP contribution in [0.4, 0.5) is 5.69 Å². The first-order valence-electron chi connectivity index (χ1n) is 10.2. The zero-order valence-electron chi connectivity index (χ0n) is 17.8. The first kappa shape index (κ1) is 21.6. The van der Waals surface area contributed by atoms with E-state index in [2.05, 4.69) is 47.7 Å². The van der Waals surface area contributed by atoms with E-state index in [4.69, 9.17) is 4.74 Å². The molecule has 2 heterocycles. The smallest absolute Gasteiger partial charge is 0.267 e. The Labute approximate surface area is 192 Å². The minimum Gasteiger partial charge on any atom is -0.489 e. The molecule has 1 saturated heterocycles. The average Bonchev–Trinajstić information content (AvgIpc) is 3.09. The van der Waals surface area contributed by atoms with Crippen molar-refractivity contribution in [2.75, 3.05) is 6.54 Å². The normalized spacial score (nSPS) is 16.0. The van der Waals surface area contributed by atoms with Gasteiger partial charge in [-0.1, -0.05) is 48.0 Å². The van der Waals surface area contributed by atoms with Crippen molar-refractivity contribution in [2.24, 2.45) is 4.99 Å². The molecule has 0 bridgehead atoms. The fourth-order valence-corrected chi connectivity index (χ4v) is 4.08.